The second-order valence-electron chi connectivity index (χ2n) is 5.26. The summed E-state index contributed by atoms with van der Waals surface area (Å²) in [5, 5.41) is 1.47. The molecule has 0 N–H and O–H groups in total. The Morgan fingerprint density at radius 3 is 1.38 bits per heavy atom. The fourth-order valence-corrected chi connectivity index (χ4v) is 2.42. The predicted octanol–water partition coefficient (Wildman–Crippen LogP) is 6.73. The van der Waals surface area contributed by atoms with Crippen LogP contribution < -0.4 is 0 Å². The Kier molecular flexibility index (Phi) is 5.47. The molecule has 3 rings (SSSR count). The van der Waals surface area contributed by atoms with Gasteiger partial charge in [-0.25, -0.2) is 4.98 Å². The van der Waals surface area contributed by atoms with Crippen LogP contribution in [0.15, 0.2) is 66.7 Å². The Balaban J connectivity index is 1.74. The number of pyridine rings is 1. The maximum absolute atomic E-state index is 5.89. The second kappa shape index (κ2) is 7.96. The van der Waals surface area contributed by atoms with Crippen LogP contribution in [0.4, 0.5) is 0 Å². The first-order chi connectivity index (χ1) is 11.7. The number of hydrogen-bond donors (Lipinski definition) is 0. The predicted molar refractivity (Wildman–Crippen MR) is 105 cm³/mol. The summed E-state index contributed by atoms with van der Waals surface area (Å²) < 4.78 is 0. The van der Waals surface area contributed by atoms with Crippen molar-refractivity contribution in [1.82, 2.24) is 4.98 Å². The Labute approximate surface area is 151 Å². The van der Waals surface area contributed by atoms with E-state index in [9.17, 15) is 0 Å². The standard InChI is InChI=1S/C21H15Cl2N/c22-18-10-4-16(5-11-18)8-14-20-2-1-3-21(24-20)15-9-17-6-12-19(23)13-7-17/h1-15H. The van der Waals surface area contributed by atoms with Crippen LogP contribution in [-0.4, -0.2) is 4.98 Å². The van der Waals surface area contributed by atoms with Gasteiger partial charge in [0.05, 0.1) is 11.4 Å². The first-order valence-corrected chi connectivity index (χ1v) is 8.29. The van der Waals surface area contributed by atoms with Crippen molar-refractivity contribution in [1.29, 1.82) is 0 Å². The molecule has 0 atom stereocenters. The van der Waals surface area contributed by atoms with Crippen molar-refractivity contribution >= 4 is 47.5 Å². The zero-order valence-electron chi connectivity index (χ0n) is 12.9. The molecule has 0 radical (unpaired) electrons. The summed E-state index contributed by atoms with van der Waals surface area (Å²) in [4.78, 5) is 4.61. The third-order valence-corrected chi connectivity index (χ3v) is 3.93. The number of hydrogen-bond acceptors (Lipinski definition) is 1. The van der Waals surface area contributed by atoms with Gasteiger partial charge in [0.25, 0.3) is 0 Å². The molecule has 1 nitrogen and oxygen atoms in total. The number of benzene rings is 2. The minimum Gasteiger partial charge on any atom is -0.249 e. The second-order valence-corrected chi connectivity index (χ2v) is 6.13. The van der Waals surface area contributed by atoms with Crippen LogP contribution in [0.2, 0.25) is 10.0 Å². The monoisotopic (exact) mass is 351 g/mol. The van der Waals surface area contributed by atoms with Crippen LogP contribution in [0, 0.1) is 0 Å². The summed E-state index contributed by atoms with van der Waals surface area (Å²) in [6.07, 6.45) is 8.02. The SMILES string of the molecule is Clc1ccc(C=Cc2cccc(C=Cc3ccc(Cl)cc3)n2)cc1. The number of nitrogens with zero attached hydrogens (tertiary/aromatic N) is 1. The van der Waals surface area contributed by atoms with E-state index in [0.29, 0.717) is 0 Å². The Bertz CT molecular complexity index is 792. The van der Waals surface area contributed by atoms with E-state index in [1.165, 1.54) is 0 Å². The van der Waals surface area contributed by atoms with Crippen molar-refractivity contribution in [3.05, 3.63) is 99.3 Å². The molecule has 118 valence electrons. The molecule has 0 amide bonds. The summed E-state index contributed by atoms with van der Waals surface area (Å²) in [7, 11) is 0. The van der Waals surface area contributed by atoms with Gasteiger partial charge < -0.3 is 0 Å². The summed E-state index contributed by atoms with van der Waals surface area (Å²) in [5.41, 5.74) is 3.98. The number of aromatic nitrogens is 1. The molecule has 1 aromatic heterocycles. The molecule has 0 aliphatic carbocycles. The Morgan fingerprint density at radius 2 is 0.958 bits per heavy atom. The van der Waals surface area contributed by atoms with E-state index < -0.39 is 0 Å². The minimum absolute atomic E-state index is 0.736. The lowest BCUT2D eigenvalue weighted by Gasteiger charge is -1.98. The fraction of sp³-hybridized carbons (Fsp3) is 0. The molecule has 0 saturated heterocycles. The minimum atomic E-state index is 0.736. The van der Waals surface area contributed by atoms with Crippen LogP contribution >= 0.6 is 23.2 Å². The molecule has 3 heteroatoms. The van der Waals surface area contributed by atoms with Crippen LogP contribution in [0.25, 0.3) is 24.3 Å². The van der Waals surface area contributed by atoms with Gasteiger partial charge >= 0.3 is 0 Å². The summed E-state index contributed by atoms with van der Waals surface area (Å²) in [6, 6.07) is 21.4. The highest BCUT2D eigenvalue weighted by Gasteiger charge is 1.94. The molecule has 0 saturated carbocycles. The lowest BCUT2D eigenvalue weighted by atomic mass is 10.2. The largest absolute Gasteiger partial charge is 0.249 e. The highest BCUT2D eigenvalue weighted by molar-refractivity contribution is 6.30. The lowest BCUT2D eigenvalue weighted by molar-refractivity contribution is 1.27. The average molecular weight is 352 g/mol. The molecule has 0 aliphatic rings. The quantitative estimate of drug-likeness (QED) is 0.507. The molecule has 24 heavy (non-hydrogen) atoms. The van der Waals surface area contributed by atoms with E-state index in [-0.39, 0.29) is 0 Å². The van der Waals surface area contributed by atoms with Crippen molar-refractivity contribution in [2.45, 2.75) is 0 Å². The fourth-order valence-electron chi connectivity index (χ4n) is 2.17. The van der Waals surface area contributed by atoms with E-state index in [4.69, 9.17) is 23.2 Å². The molecule has 0 unspecified atom stereocenters. The van der Waals surface area contributed by atoms with E-state index >= 15 is 0 Å². The summed E-state index contributed by atoms with van der Waals surface area (Å²) >= 11 is 11.8. The molecule has 0 spiro atoms. The molecule has 0 aliphatic heterocycles. The zero-order chi connectivity index (χ0) is 16.8. The third kappa shape index (κ3) is 4.82. The van der Waals surface area contributed by atoms with Crippen LogP contribution in [0.5, 0.6) is 0 Å². The van der Waals surface area contributed by atoms with E-state index in [1.54, 1.807) is 0 Å². The van der Waals surface area contributed by atoms with Crippen molar-refractivity contribution in [3.8, 4) is 0 Å². The van der Waals surface area contributed by atoms with Crippen molar-refractivity contribution in [3.63, 3.8) is 0 Å². The number of halogens is 2. The maximum atomic E-state index is 5.89. The van der Waals surface area contributed by atoms with Crippen LogP contribution in [0.1, 0.15) is 22.5 Å². The topological polar surface area (TPSA) is 12.9 Å². The molecular formula is C21H15Cl2N. The zero-order valence-corrected chi connectivity index (χ0v) is 14.4. The van der Waals surface area contributed by atoms with Gasteiger partial charge in [-0.1, -0.05) is 65.7 Å². The molecule has 3 aromatic rings. The van der Waals surface area contributed by atoms with E-state index in [1.807, 2.05) is 91.0 Å². The number of rotatable bonds is 4. The molecular weight excluding hydrogens is 337 g/mol. The average Bonchev–Trinajstić information content (AvgIpc) is 2.61. The van der Waals surface area contributed by atoms with Gasteiger partial charge in [-0.05, 0) is 59.7 Å². The van der Waals surface area contributed by atoms with E-state index in [0.717, 1.165) is 32.6 Å². The van der Waals surface area contributed by atoms with Crippen molar-refractivity contribution in [2.75, 3.05) is 0 Å². The van der Waals surface area contributed by atoms with Gasteiger partial charge in [0.15, 0.2) is 0 Å². The summed E-state index contributed by atoms with van der Waals surface area (Å²) in [5.74, 6) is 0. The van der Waals surface area contributed by atoms with Gasteiger partial charge in [-0.2, -0.15) is 0 Å². The van der Waals surface area contributed by atoms with Crippen LogP contribution in [-0.2, 0) is 0 Å². The summed E-state index contributed by atoms with van der Waals surface area (Å²) in [6.45, 7) is 0. The van der Waals surface area contributed by atoms with Gasteiger partial charge in [-0.3, -0.25) is 0 Å². The molecule has 2 aromatic carbocycles. The van der Waals surface area contributed by atoms with Crippen LogP contribution in [0.3, 0.4) is 0 Å². The van der Waals surface area contributed by atoms with Gasteiger partial charge in [0.2, 0.25) is 0 Å². The highest BCUT2D eigenvalue weighted by atomic mass is 35.5. The Morgan fingerprint density at radius 1 is 0.542 bits per heavy atom. The van der Waals surface area contributed by atoms with Gasteiger partial charge in [-0.15, -0.1) is 0 Å². The highest BCUT2D eigenvalue weighted by Crippen LogP contribution is 2.14. The third-order valence-electron chi connectivity index (χ3n) is 3.43. The molecule has 0 fully saturated rings. The normalized spacial score (nSPS) is 11.4. The van der Waals surface area contributed by atoms with Gasteiger partial charge in [0, 0.05) is 10.0 Å². The van der Waals surface area contributed by atoms with Crippen molar-refractivity contribution in [2.24, 2.45) is 0 Å². The Hall–Kier alpha value is -2.35. The maximum Gasteiger partial charge on any atom is 0.0637 e. The molecule has 1 heterocycles. The van der Waals surface area contributed by atoms with E-state index in [2.05, 4.69) is 4.98 Å². The first-order valence-electron chi connectivity index (χ1n) is 7.53. The first kappa shape index (κ1) is 16.5. The lowest BCUT2D eigenvalue weighted by Crippen LogP contribution is -1.84. The smallest absolute Gasteiger partial charge is 0.0637 e. The molecule has 0 bridgehead atoms. The van der Waals surface area contributed by atoms with Gasteiger partial charge in [0.1, 0.15) is 0 Å². The van der Waals surface area contributed by atoms with Crippen molar-refractivity contribution < 1.29 is 0 Å².